The first-order valence-corrected chi connectivity index (χ1v) is 4.51. The summed E-state index contributed by atoms with van der Waals surface area (Å²) in [7, 11) is 0. The van der Waals surface area contributed by atoms with Gasteiger partial charge < -0.3 is 0 Å². The highest BCUT2D eigenvalue weighted by molar-refractivity contribution is 5.77. The molecule has 0 radical (unpaired) electrons. The van der Waals surface area contributed by atoms with Gasteiger partial charge in [0, 0.05) is 5.56 Å². The van der Waals surface area contributed by atoms with Crippen molar-refractivity contribution in [3.05, 3.63) is 23.8 Å². The van der Waals surface area contributed by atoms with E-state index in [9.17, 15) is 0 Å². The zero-order chi connectivity index (χ0) is 9.97. The van der Waals surface area contributed by atoms with Gasteiger partial charge in [-0.05, 0) is 12.5 Å². The van der Waals surface area contributed by atoms with Crippen molar-refractivity contribution in [2.45, 2.75) is 19.4 Å². The van der Waals surface area contributed by atoms with E-state index in [0.717, 1.165) is 23.0 Å². The molecular weight excluding hydrogens is 180 g/mol. The Morgan fingerprint density at radius 2 is 2.36 bits per heavy atom. The van der Waals surface area contributed by atoms with E-state index in [-0.39, 0.29) is 6.10 Å². The summed E-state index contributed by atoms with van der Waals surface area (Å²) >= 11 is 0. The molecule has 0 bridgehead atoms. The highest BCUT2D eigenvalue weighted by atomic mass is 16.6. The molecule has 2 aromatic rings. The molecule has 1 unspecified atom stereocenters. The fraction of sp³-hybridized carbons (Fsp3) is 0.333. The van der Waals surface area contributed by atoms with Gasteiger partial charge in [0.1, 0.15) is 17.1 Å². The number of fused-ring (bicyclic) bond motifs is 1. The van der Waals surface area contributed by atoms with Gasteiger partial charge in [0.25, 0.3) is 0 Å². The zero-order valence-electron chi connectivity index (χ0n) is 7.90. The predicted molar refractivity (Wildman–Crippen MR) is 52.2 cm³/mol. The number of nitrogens with one attached hydrogen (secondary N) is 1. The molecule has 0 aliphatic rings. The molecule has 0 amide bonds. The number of benzene rings is 1. The molecule has 3 N–H and O–H groups in total. The second-order valence-electron chi connectivity index (χ2n) is 3.07. The molecular formula is C9H12N4O. The number of nitrogens with two attached hydrogens (primary N) is 1. The van der Waals surface area contributed by atoms with Gasteiger partial charge in [-0.25, -0.2) is 5.90 Å². The quantitative estimate of drug-likeness (QED) is 0.718. The molecule has 0 spiro atoms. The maximum atomic E-state index is 5.22. The van der Waals surface area contributed by atoms with Crippen molar-refractivity contribution >= 4 is 11.0 Å². The first-order chi connectivity index (χ1) is 6.86. The van der Waals surface area contributed by atoms with E-state index in [2.05, 4.69) is 15.4 Å². The van der Waals surface area contributed by atoms with E-state index in [1.54, 1.807) is 0 Å². The van der Waals surface area contributed by atoms with Crippen molar-refractivity contribution in [3.63, 3.8) is 0 Å². The molecule has 5 heteroatoms. The van der Waals surface area contributed by atoms with Crippen molar-refractivity contribution in [2.24, 2.45) is 5.90 Å². The Bertz CT molecular complexity index is 421. The molecule has 14 heavy (non-hydrogen) atoms. The summed E-state index contributed by atoms with van der Waals surface area (Å²) in [6.07, 6.45) is 0.687. The van der Waals surface area contributed by atoms with Gasteiger partial charge in [0.2, 0.25) is 0 Å². The minimum absolute atomic E-state index is 0.121. The van der Waals surface area contributed by atoms with Crippen molar-refractivity contribution in [1.82, 2.24) is 15.4 Å². The van der Waals surface area contributed by atoms with Crippen LogP contribution in [0.15, 0.2) is 18.2 Å². The first-order valence-electron chi connectivity index (χ1n) is 4.51. The van der Waals surface area contributed by atoms with Crippen molar-refractivity contribution in [1.29, 1.82) is 0 Å². The van der Waals surface area contributed by atoms with Crippen molar-refractivity contribution in [3.8, 4) is 0 Å². The largest absolute Gasteiger partial charge is 0.296 e. The summed E-state index contributed by atoms with van der Waals surface area (Å²) in [4.78, 5) is 4.88. The van der Waals surface area contributed by atoms with Gasteiger partial charge in [-0.1, -0.05) is 19.1 Å². The third-order valence-corrected chi connectivity index (χ3v) is 2.26. The Labute approximate surface area is 81.2 Å². The summed E-state index contributed by atoms with van der Waals surface area (Å²) in [6.45, 7) is 2.01. The number of para-hydroxylation sites is 1. The topological polar surface area (TPSA) is 76.8 Å². The van der Waals surface area contributed by atoms with Gasteiger partial charge in [-0.2, -0.15) is 15.4 Å². The van der Waals surface area contributed by atoms with Crippen LogP contribution in [0.5, 0.6) is 0 Å². The summed E-state index contributed by atoms with van der Waals surface area (Å²) < 4.78 is 0. The molecule has 0 fully saturated rings. The van der Waals surface area contributed by atoms with Gasteiger partial charge in [0.15, 0.2) is 0 Å². The minimum Gasteiger partial charge on any atom is -0.296 e. The lowest BCUT2D eigenvalue weighted by atomic mass is 10.1. The third-order valence-electron chi connectivity index (χ3n) is 2.26. The van der Waals surface area contributed by atoms with Crippen LogP contribution in [-0.2, 0) is 4.84 Å². The Morgan fingerprint density at radius 1 is 1.50 bits per heavy atom. The molecule has 0 saturated carbocycles. The third kappa shape index (κ3) is 1.36. The lowest BCUT2D eigenvalue weighted by Crippen LogP contribution is -2.08. The number of hydrogen-bond acceptors (Lipinski definition) is 4. The Balaban J connectivity index is 2.54. The Kier molecular flexibility index (Phi) is 2.43. The molecule has 0 saturated heterocycles. The van der Waals surface area contributed by atoms with Crippen molar-refractivity contribution < 1.29 is 4.84 Å². The first kappa shape index (κ1) is 9.11. The monoisotopic (exact) mass is 192 g/mol. The summed E-state index contributed by atoms with van der Waals surface area (Å²) in [6, 6.07) is 5.76. The van der Waals surface area contributed by atoms with Crippen LogP contribution in [0.3, 0.4) is 0 Å². The maximum Gasteiger partial charge on any atom is 0.118 e. The molecule has 1 heterocycles. The highest BCUT2D eigenvalue weighted by Crippen LogP contribution is 2.24. The summed E-state index contributed by atoms with van der Waals surface area (Å²) in [5.74, 6) is 5.22. The van der Waals surface area contributed by atoms with Gasteiger partial charge in [-0.15, -0.1) is 0 Å². The van der Waals surface area contributed by atoms with Crippen LogP contribution in [0.4, 0.5) is 0 Å². The molecule has 2 rings (SSSR count). The summed E-state index contributed by atoms with van der Waals surface area (Å²) in [5, 5.41) is 10.6. The molecule has 74 valence electrons. The van der Waals surface area contributed by atoms with Gasteiger partial charge in [-0.3, -0.25) is 4.84 Å². The van der Waals surface area contributed by atoms with Gasteiger partial charge >= 0.3 is 0 Å². The Hall–Kier alpha value is -1.46. The minimum atomic E-state index is -0.121. The van der Waals surface area contributed by atoms with Crippen LogP contribution in [0, 0.1) is 0 Å². The zero-order valence-corrected chi connectivity index (χ0v) is 7.90. The van der Waals surface area contributed by atoms with E-state index in [0.29, 0.717) is 0 Å². The number of hydrogen-bond donors (Lipinski definition) is 2. The molecule has 0 aliphatic carbocycles. The van der Waals surface area contributed by atoms with E-state index in [1.807, 2.05) is 25.1 Å². The molecule has 0 aliphatic heterocycles. The molecule has 5 nitrogen and oxygen atoms in total. The number of H-pyrrole nitrogens is 1. The second-order valence-corrected chi connectivity index (χ2v) is 3.07. The number of rotatable bonds is 3. The highest BCUT2D eigenvalue weighted by Gasteiger charge is 2.13. The van der Waals surface area contributed by atoms with Crippen LogP contribution >= 0.6 is 0 Å². The lowest BCUT2D eigenvalue weighted by Gasteiger charge is -2.11. The van der Waals surface area contributed by atoms with E-state index in [4.69, 9.17) is 10.7 Å². The smallest absolute Gasteiger partial charge is 0.118 e. The number of aromatic amines is 1. The average molecular weight is 192 g/mol. The SMILES string of the molecule is CCC(ON)c1cccc2n[nH]nc12. The van der Waals surface area contributed by atoms with Crippen molar-refractivity contribution in [2.75, 3.05) is 0 Å². The van der Waals surface area contributed by atoms with Crippen LogP contribution in [-0.4, -0.2) is 15.4 Å². The van der Waals surface area contributed by atoms with Crippen LogP contribution in [0.2, 0.25) is 0 Å². The normalized spacial score (nSPS) is 13.3. The second kappa shape index (κ2) is 3.73. The van der Waals surface area contributed by atoms with E-state index in [1.165, 1.54) is 0 Å². The standard InChI is InChI=1S/C9H12N4O/c1-2-8(14-10)6-4-3-5-7-9(6)12-13-11-7/h3-5,8H,2,10H2,1H3,(H,11,12,13). The number of aromatic nitrogens is 3. The average Bonchev–Trinajstić information content (AvgIpc) is 2.68. The Morgan fingerprint density at radius 3 is 3.07 bits per heavy atom. The van der Waals surface area contributed by atoms with E-state index < -0.39 is 0 Å². The fourth-order valence-electron chi connectivity index (χ4n) is 1.54. The van der Waals surface area contributed by atoms with Crippen LogP contribution < -0.4 is 5.90 Å². The maximum absolute atomic E-state index is 5.22. The summed E-state index contributed by atoms with van der Waals surface area (Å²) in [5.41, 5.74) is 2.63. The van der Waals surface area contributed by atoms with Gasteiger partial charge in [0.05, 0.1) is 0 Å². The lowest BCUT2D eigenvalue weighted by molar-refractivity contribution is 0.0509. The molecule has 1 aromatic heterocycles. The molecule has 1 atom stereocenters. The molecule has 1 aromatic carbocycles. The van der Waals surface area contributed by atoms with Crippen LogP contribution in [0.25, 0.3) is 11.0 Å². The fourth-order valence-corrected chi connectivity index (χ4v) is 1.54. The van der Waals surface area contributed by atoms with E-state index >= 15 is 0 Å². The van der Waals surface area contributed by atoms with Crippen LogP contribution in [0.1, 0.15) is 25.0 Å². The number of nitrogens with zero attached hydrogens (tertiary/aromatic N) is 2. The predicted octanol–water partition coefficient (Wildman–Crippen LogP) is 1.30.